The molecule has 0 amide bonds. The summed E-state index contributed by atoms with van der Waals surface area (Å²) in [6.45, 7) is 5.96. The molecule has 0 bridgehead atoms. The molecule has 1 unspecified atom stereocenters. The Morgan fingerprint density at radius 2 is 1.82 bits per heavy atom. The molecular formula is C8H17NOS. The number of rotatable bonds is 1. The van der Waals surface area contributed by atoms with Crippen molar-refractivity contribution in [3.8, 4) is 0 Å². The zero-order valence-electron chi connectivity index (χ0n) is 7.76. The van der Waals surface area contributed by atoms with Crippen LogP contribution in [-0.4, -0.2) is 21.3 Å². The Morgan fingerprint density at radius 3 is 2.09 bits per heavy atom. The predicted molar refractivity (Wildman–Crippen MR) is 49.3 cm³/mol. The van der Waals surface area contributed by atoms with E-state index in [0.29, 0.717) is 6.04 Å². The molecule has 1 saturated carbocycles. The van der Waals surface area contributed by atoms with Gasteiger partial charge in [-0.05, 0) is 33.6 Å². The summed E-state index contributed by atoms with van der Waals surface area (Å²) in [5.41, 5.74) is 0. The monoisotopic (exact) mass is 175 g/mol. The van der Waals surface area contributed by atoms with E-state index in [-0.39, 0.29) is 4.75 Å². The molecule has 3 heteroatoms. The molecule has 2 nitrogen and oxygen atoms in total. The van der Waals surface area contributed by atoms with Crippen molar-refractivity contribution in [3.05, 3.63) is 0 Å². The third kappa shape index (κ3) is 2.19. The fourth-order valence-electron chi connectivity index (χ4n) is 0.623. The highest BCUT2D eigenvalue weighted by atomic mass is 32.2. The van der Waals surface area contributed by atoms with Crippen LogP contribution in [0.15, 0.2) is 4.36 Å². The van der Waals surface area contributed by atoms with Gasteiger partial charge in [-0.2, -0.15) is 0 Å². The molecule has 11 heavy (non-hydrogen) atoms. The van der Waals surface area contributed by atoms with Crippen LogP contribution in [0.5, 0.6) is 0 Å². The quantitative estimate of drug-likeness (QED) is 0.599. The van der Waals surface area contributed by atoms with Crippen molar-refractivity contribution < 1.29 is 4.21 Å². The van der Waals surface area contributed by atoms with Crippen LogP contribution in [0.2, 0.25) is 0 Å². The number of hydrogen-bond acceptors (Lipinski definition) is 2. The second kappa shape index (κ2) is 2.47. The summed E-state index contributed by atoms with van der Waals surface area (Å²) in [5.74, 6) is 0. The van der Waals surface area contributed by atoms with Crippen molar-refractivity contribution in [2.45, 2.75) is 44.4 Å². The Labute approximate surface area is 69.6 Å². The molecule has 0 saturated heterocycles. The van der Waals surface area contributed by atoms with E-state index < -0.39 is 9.73 Å². The van der Waals surface area contributed by atoms with Gasteiger partial charge in [0.15, 0.2) is 0 Å². The van der Waals surface area contributed by atoms with Gasteiger partial charge in [0.2, 0.25) is 0 Å². The van der Waals surface area contributed by atoms with E-state index in [1.165, 1.54) is 0 Å². The maximum atomic E-state index is 11.9. The van der Waals surface area contributed by atoms with Crippen LogP contribution in [0.25, 0.3) is 0 Å². The standard InChI is InChI=1S/C8H17NOS/c1-8(2,3)11(4,10)9-7-5-6-7/h7H,5-6H2,1-4H3. The maximum absolute atomic E-state index is 11.9. The summed E-state index contributed by atoms with van der Waals surface area (Å²) < 4.78 is 16.0. The molecule has 1 aliphatic rings. The van der Waals surface area contributed by atoms with Crippen molar-refractivity contribution in [3.63, 3.8) is 0 Å². The van der Waals surface area contributed by atoms with Crippen molar-refractivity contribution in [2.24, 2.45) is 4.36 Å². The van der Waals surface area contributed by atoms with Gasteiger partial charge < -0.3 is 0 Å². The maximum Gasteiger partial charge on any atom is 0.0595 e. The average molecular weight is 175 g/mol. The normalized spacial score (nSPS) is 24.4. The Balaban J connectivity index is 2.89. The van der Waals surface area contributed by atoms with E-state index >= 15 is 0 Å². The summed E-state index contributed by atoms with van der Waals surface area (Å²) in [5, 5.41) is 0. The smallest absolute Gasteiger partial charge is 0.0595 e. The second-order valence-electron chi connectivity index (χ2n) is 4.25. The molecule has 1 atom stereocenters. The molecular weight excluding hydrogens is 158 g/mol. The molecule has 0 spiro atoms. The molecule has 0 N–H and O–H groups in total. The van der Waals surface area contributed by atoms with Crippen LogP contribution in [0.4, 0.5) is 0 Å². The van der Waals surface area contributed by atoms with Crippen molar-refractivity contribution in [1.29, 1.82) is 0 Å². The molecule has 0 aromatic rings. The number of nitrogens with zero attached hydrogens (tertiary/aromatic N) is 1. The molecule has 0 heterocycles. The van der Waals surface area contributed by atoms with Gasteiger partial charge in [-0.25, -0.2) is 8.57 Å². The third-order valence-electron chi connectivity index (χ3n) is 2.03. The average Bonchev–Trinajstić information content (AvgIpc) is 2.45. The molecule has 0 radical (unpaired) electrons. The van der Waals surface area contributed by atoms with Crippen LogP contribution >= 0.6 is 0 Å². The van der Waals surface area contributed by atoms with Crippen LogP contribution in [0, 0.1) is 0 Å². The van der Waals surface area contributed by atoms with Gasteiger partial charge >= 0.3 is 0 Å². The minimum absolute atomic E-state index is 0.171. The molecule has 1 rings (SSSR count). The Kier molecular flexibility index (Phi) is 2.03. The Morgan fingerprint density at radius 1 is 1.36 bits per heavy atom. The zero-order chi connectivity index (χ0) is 8.70. The van der Waals surface area contributed by atoms with Gasteiger partial charge in [0, 0.05) is 20.7 Å². The van der Waals surface area contributed by atoms with E-state index in [1.54, 1.807) is 6.26 Å². The second-order valence-corrected chi connectivity index (χ2v) is 7.29. The minimum atomic E-state index is -1.96. The summed E-state index contributed by atoms with van der Waals surface area (Å²) in [4.78, 5) is 0. The lowest BCUT2D eigenvalue weighted by molar-refractivity contribution is 0.642. The van der Waals surface area contributed by atoms with Gasteiger partial charge in [-0.1, -0.05) is 0 Å². The summed E-state index contributed by atoms with van der Waals surface area (Å²) >= 11 is 0. The van der Waals surface area contributed by atoms with E-state index in [0.717, 1.165) is 12.8 Å². The Hall–Kier alpha value is -0.0500. The number of hydrogen-bond donors (Lipinski definition) is 0. The van der Waals surface area contributed by atoms with Gasteiger partial charge in [-0.15, -0.1) is 0 Å². The largest absolute Gasteiger partial charge is 0.250 e. The first-order chi connectivity index (χ1) is 4.83. The van der Waals surface area contributed by atoms with Gasteiger partial charge in [0.1, 0.15) is 0 Å². The van der Waals surface area contributed by atoms with E-state index in [1.807, 2.05) is 20.8 Å². The summed E-state index contributed by atoms with van der Waals surface area (Å²) in [7, 11) is -1.96. The van der Waals surface area contributed by atoms with Gasteiger partial charge in [0.25, 0.3) is 0 Å². The van der Waals surface area contributed by atoms with Gasteiger partial charge in [-0.3, -0.25) is 0 Å². The lowest BCUT2D eigenvalue weighted by atomic mass is 10.3. The van der Waals surface area contributed by atoms with Crippen molar-refractivity contribution >= 4 is 9.73 Å². The zero-order valence-corrected chi connectivity index (χ0v) is 8.57. The lowest BCUT2D eigenvalue weighted by Crippen LogP contribution is -2.26. The highest BCUT2D eigenvalue weighted by molar-refractivity contribution is 7.94. The predicted octanol–water partition coefficient (Wildman–Crippen LogP) is 2.05. The van der Waals surface area contributed by atoms with Crippen molar-refractivity contribution in [2.75, 3.05) is 6.26 Å². The van der Waals surface area contributed by atoms with E-state index in [2.05, 4.69) is 4.36 Å². The highest BCUT2D eigenvalue weighted by Crippen LogP contribution is 2.28. The Bertz CT molecular complexity index is 252. The topological polar surface area (TPSA) is 29.4 Å². The molecule has 1 aliphatic carbocycles. The first-order valence-corrected chi connectivity index (χ1v) is 5.96. The molecule has 66 valence electrons. The summed E-state index contributed by atoms with van der Waals surface area (Å²) in [6.07, 6.45) is 4.05. The fourth-order valence-corrected chi connectivity index (χ4v) is 1.72. The summed E-state index contributed by atoms with van der Waals surface area (Å²) in [6, 6.07) is 0.409. The molecule has 0 aromatic carbocycles. The lowest BCUT2D eigenvalue weighted by Gasteiger charge is -2.20. The van der Waals surface area contributed by atoms with Crippen LogP contribution in [0.1, 0.15) is 33.6 Å². The van der Waals surface area contributed by atoms with E-state index in [9.17, 15) is 4.21 Å². The van der Waals surface area contributed by atoms with Crippen molar-refractivity contribution in [1.82, 2.24) is 0 Å². The van der Waals surface area contributed by atoms with Crippen LogP contribution in [-0.2, 0) is 9.73 Å². The molecule has 1 fully saturated rings. The van der Waals surface area contributed by atoms with Gasteiger partial charge in [0.05, 0.1) is 6.04 Å². The minimum Gasteiger partial charge on any atom is -0.250 e. The fraction of sp³-hybridized carbons (Fsp3) is 1.00. The first-order valence-electron chi connectivity index (χ1n) is 4.04. The molecule has 0 aliphatic heterocycles. The van der Waals surface area contributed by atoms with Crippen LogP contribution in [0.3, 0.4) is 0 Å². The highest BCUT2D eigenvalue weighted by Gasteiger charge is 2.27. The van der Waals surface area contributed by atoms with Crippen LogP contribution < -0.4 is 0 Å². The third-order valence-corrected chi connectivity index (χ3v) is 5.01. The SMILES string of the molecule is CC(C)(C)S(C)(=O)=NC1CC1. The first kappa shape index (κ1) is 9.04. The van der Waals surface area contributed by atoms with E-state index in [4.69, 9.17) is 0 Å². The molecule has 0 aromatic heterocycles.